The molecule has 1 aromatic rings. The Morgan fingerprint density at radius 1 is 1.43 bits per heavy atom. The highest BCUT2D eigenvalue weighted by atomic mass is 32.2. The van der Waals surface area contributed by atoms with Gasteiger partial charge in [-0.25, -0.2) is 4.39 Å². The van der Waals surface area contributed by atoms with Crippen LogP contribution in [0.1, 0.15) is 19.8 Å². The molecule has 0 saturated carbocycles. The lowest BCUT2D eigenvalue weighted by Crippen LogP contribution is -2.46. The predicted octanol–water partition coefficient (Wildman–Crippen LogP) is 2.63. The van der Waals surface area contributed by atoms with Crippen molar-refractivity contribution in [3.8, 4) is 0 Å². The molecular formula is C15H18FNO3S. The Balaban J connectivity index is 1.89. The monoisotopic (exact) mass is 311 g/mol. The molecule has 1 heterocycles. The molecule has 2 unspecified atom stereocenters. The number of nitrogens with zero attached hydrogens (tertiary/aromatic N) is 1. The van der Waals surface area contributed by atoms with Crippen molar-refractivity contribution >= 4 is 23.6 Å². The third-order valence-corrected chi connectivity index (χ3v) is 4.77. The Hall–Kier alpha value is -1.56. The molecule has 1 amide bonds. The summed E-state index contributed by atoms with van der Waals surface area (Å²) in [5.74, 6) is -1.39. The van der Waals surface area contributed by atoms with E-state index in [1.807, 2.05) is 6.92 Å². The molecule has 1 N–H and O–H groups in total. The van der Waals surface area contributed by atoms with Crippen LogP contribution in [0.15, 0.2) is 29.2 Å². The Labute approximate surface area is 127 Å². The van der Waals surface area contributed by atoms with Gasteiger partial charge in [-0.3, -0.25) is 9.59 Å². The fraction of sp³-hybridized carbons (Fsp3) is 0.467. The summed E-state index contributed by atoms with van der Waals surface area (Å²) in [5, 5.41) is 9.01. The summed E-state index contributed by atoms with van der Waals surface area (Å²) in [6.45, 7) is 2.32. The molecule has 1 aliphatic rings. The van der Waals surface area contributed by atoms with E-state index in [0.29, 0.717) is 24.3 Å². The molecule has 0 radical (unpaired) electrons. The predicted molar refractivity (Wildman–Crippen MR) is 78.7 cm³/mol. The highest BCUT2D eigenvalue weighted by Crippen LogP contribution is 2.26. The van der Waals surface area contributed by atoms with Gasteiger partial charge in [-0.2, -0.15) is 0 Å². The molecule has 0 spiro atoms. The fourth-order valence-corrected chi connectivity index (χ4v) is 3.38. The van der Waals surface area contributed by atoms with E-state index in [1.54, 1.807) is 23.1 Å². The van der Waals surface area contributed by atoms with Gasteiger partial charge in [0, 0.05) is 17.5 Å². The van der Waals surface area contributed by atoms with Crippen LogP contribution >= 0.6 is 11.8 Å². The van der Waals surface area contributed by atoms with Crippen LogP contribution in [0.5, 0.6) is 0 Å². The van der Waals surface area contributed by atoms with E-state index in [1.165, 1.54) is 17.8 Å². The average molecular weight is 311 g/mol. The van der Waals surface area contributed by atoms with Crippen LogP contribution in [0.3, 0.4) is 0 Å². The zero-order valence-electron chi connectivity index (χ0n) is 11.8. The van der Waals surface area contributed by atoms with Gasteiger partial charge in [-0.1, -0.05) is 12.1 Å². The molecule has 1 fully saturated rings. The number of piperidine rings is 1. The molecule has 0 aliphatic carbocycles. The van der Waals surface area contributed by atoms with Crippen LogP contribution < -0.4 is 0 Å². The number of rotatable bonds is 4. The number of hydrogen-bond donors (Lipinski definition) is 1. The molecule has 21 heavy (non-hydrogen) atoms. The van der Waals surface area contributed by atoms with E-state index in [4.69, 9.17) is 5.11 Å². The molecule has 1 saturated heterocycles. The molecule has 4 nitrogen and oxygen atoms in total. The number of carboxylic acids is 1. The van der Waals surface area contributed by atoms with Crippen molar-refractivity contribution in [2.45, 2.75) is 30.7 Å². The molecule has 0 aromatic heterocycles. The molecule has 1 aliphatic heterocycles. The van der Waals surface area contributed by atoms with Gasteiger partial charge < -0.3 is 10.0 Å². The van der Waals surface area contributed by atoms with Crippen LogP contribution in [0.25, 0.3) is 0 Å². The number of thioether (sulfide) groups is 1. The zero-order valence-corrected chi connectivity index (χ0v) is 12.6. The number of halogens is 1. The third-order valence-electron chi connectivity index (χ3n) is 3.73. The normalized spacial score (nSPS) is 22.1. The van der Waals surface area contributed by atoms with Crippen LogP contribution in [-0.4, -0.2) is 40.2 Å². The average Bonchev–Trinajstić information content (AvgIpc) is 2.46. The number of carbonyl (C=O) groups excluding carboxylic acids is 1. The summed E-state index contributed by atoms with van der Waals surface area (Å²) >= 11 is 1.18. The van der Waals surface area contributed by atoms with Crippen molar-refractivity contribution in [3.63, 3.8) is 0 Å². The molecule has 0 bridgehead atoms. The summed E-state index contributed by atoms with van der Waals surface area (Å²) < 4.78 is 13.5. The second-order valence-corrected chi connectivity index (χ2v) is 6.23. The Morgan fingerprint density at radius 2 is 2.14 bits per heavy atom. The van der Waals surface area contributed by atoms with Gasteiger partial charge in [0.05, 0.1) is 11.7 Å². The number of benzene rings is 1. The first-order valence-electron chi connectivity index (χ1n) is 6.88. The number of carboxylic acid groups (broad SMARTS) is 1. The summed E-state index contributed by atoms with van der Waals surface area (Å²) in [6, 6.07) is 6.27. The largest absolute Gasteiger partial charge is 0.481 e. The van der Waals surface area contributed by atoms with Crippen molar-refractivity contribution in [1.29, 1.82) is 0 Å². The number of aliphatic carboxylic acids is 1. The minimum Gasteiger partial charge on any atom is -0.481 e. The lowest BCUT2D eigenvalue weighted by atomic mass is 9.92. The fourth-order valence-electron chi connectivity index (χ4n) is 2.55. The third kappa shape index (κ3) is 3.97. The first-order chi connectivity index (χ1) is 9.99. The molecule has 1 aromatic carbocycles. The molecule has 2 rings (SSSR count). The maximum absolute atomic E-state index is 13.5. The van der Waals surface area contributed by atoms with Crippen molar-refractivity contribution in [2.75, 3.05) is 12.3 Å². The lowest BCUT2D eigenvalue weighted by molar-refractivity contribution is -0.146. The molecule has 114 valence electrons. The van der Waals surface area contributed by atoms with Crippen molar-refractivity contribution in [3.05, 3.63) is 30.1 Å². The van der Waals surface area contributed by atoms with Gasteiger partial charge in [0.25, 0.3) is 0 Å². The van der Waals surface area contributed by atoms with E-state index in [0.717, 1.165) is 0 Å². The smallest absolute Gasteiger partial charge is 0.306 e. The van der Waals surface area contributed by atoms with Crippen molar-refractivity contribution in [2.24, 2.45) is 5.92 Å². The quantitative estimate of drug-likeness (QED) is 0.869. The van der Waals surface area contributed by atoms with Gasteiger partial charge in [0.15, 0.2) is 0 Å². The standard InChI is InChI=1S/C15H18FNO3S/c1-10-8-11(15(19)20)6-7-17(10)14(18)9-21-13-5-3-2-4-12(13)16/h2-5,10-11H,6-9H2,1H3,(H,19,20). The topological polar surface area (TPSA) is 57.6 Å². The van der Waals surface area contributed by atoms with Gasteiger partial charge in [-0.15, -0.1) is 11.8 Å². The zero-order chi connectivity index (χ0) is 15.4. The maximum atomic E-state index is 13.5. The second kappa shape index (κ2) is 6.93. The number of carbonyl (C=O) groups is 2. The first-order valence-corrected chi connectivity index (χ1v) is 7.87. The summed E-state index contributed by atoms with van der Waals surface area (Å²) in [7, 11) is 0. The van der Waals surface area contributed by atoms with Gasteiger partial charge in [0.2, 0.25) is 5.91 Å². The maximum Gasteiger partial charge on any atom is 0.306 e. The summed E-state index contributed by atoms with van der Waals surface area (Å²) in [5.41, 5.74) is 0. The van der Waals surface area contributed by atoms with E-state index in [9.17, 15) is 14.0 Å². The van der Waals surface area contributed by atoms with Crippen LogP contribution in [0.2, 0.25) is 0 Å². The molecule has 6 heteroatoms. The van der Waals surface area contributed by atoms with Crippen LogP contribution in [0, 0.1) is 11.7 Å². The number of likely N-dealkylation sites (tertiary alicyclic amines) is 1. The van der Waals surface area contributed by atoms with Crippen LogP contribution in [0.4, 0.5) is 4.39 Å². The highest BCUT2D eigenvalue weighted by Gasteiger charge is 2.32. The summed E-state index contributed by atoms with van der Waals surface area (Å²) in [4.78, 5) is 25.3. The number of amides is 1. The van der Waals surface area contributed by atoms with Crippen LogP contribution in [-0.2, 0) is 9.59 Å². The first kappa shape index (κ1) is 15.8. The Morgan fingerprint density at radius 3 is 2.76 bits per heavy atom. The Kier molecular flexibility index (Phi) is 5.22. The Bertz CT molecular complexity index is 537. The van der Waals surface area contributed by atoms with Gasteiger partial charge in [-0.05, 0) is 31.9 Å². The van der Waals surface area contributed by atoms with Crippen molar-refractivity contribution in [1.82, 2.24) is 4.90 Å². The second-order valence-electron chi connectivity index (χ2n) is 5.21. The minimum atomic E-state index is -0.797. The van der Waals surface area contributed by atoms with E-state index in [2.05, 4.69) is 0 Å². The van der Waals surface area contributed by atoms with E-state index in [-0.39, 0.29) is 29.4 Å². The minimum absolute atomic E-state index is 0.0698. The van der Waals surface area contributed by atoms with E-state index >= 15 is 0 Å². The number of hydrogen-bond acceptors (Lipinski definition) is 3. The van der Waals surface area contributed by atoms with Crippen molar-refractivity contribution < 1.29 is 19.1 Å². The summed E-state index contributed by atoms with van der Waals surface area (Å²) in [6.07, 6.45) is 0.960. The molecular weight excluding hydrogens is 293 g/mol. The lowest BCUT2D eigenvalue weighted by Gasteiger charge is -2.36. The highest BCUT2D eigenvalue weighted by molar-refractivity contribution is 8.00. The van der Waals surface area contributed by atoms with Gasteiger partial charge in [0.1, 0.15) is 5.82 Å². The SMILES string of the molecule is CC1CC(C(=O)O)CCN1C(=O)CSc1ccccc1F. The molecule has 2 atom stereocenters. The van der Waals surface area contributed by atoms with Gasteiger partial charge >= 0.3 is 5.97 Å². The van der Waals surface area contributed by atoms with E-state index < -0.39 is 5.97 Å².